The van der Waals surface area contributed by atoms with Crippen LogP contribution in [0.5, 0.6) is 5.75 Å². The Morgan fingerprint density at radius 2 is 2.21 bits per heavy atom. The van der Waals surface area contributed by atoms with Crippen molar-refractivity contribution in [2.75, 3.05) is 19.7 Å². The fraction of sp³-hybridized carbons (Fsp3) is 0.500. The van der Waals surface area contributed by atoms with Crippen molar-refractivity contribution in [1.82, 2.24) is 4.90 Å². The van der Waals surface area contributed by atoms with Crippen LogP contribution in [0.4, 0.5) is 0 Å². The number of amides is 1. The molecule has 3 N–H and O–H groups in total. The molecule has 1 aromatic carbocycles. The van der Waals surface area contributed by atoms with Crippen molar-refractivity contribution in [2.24, 2.45) is 5.73 Å². The molecule has 0 bridgehead atoms. The fourth-order valence-electron chi connectivity index (χ4n) is 2.23. The molecule has 1 aromatic rings. The standard InChI is InChI=1S/C14H20N2O3/c1-10-9-16(6-7-19-10)14(18)13(15)8-11-2-4-12(17)5-3-11/h2-5,10,13,17H,6-9,15H2,1H3/t10?,13-/m0/s1. The Balaban J connectivity index is 1.93. The van der Waals surface area contributed by atoms with Crippen molar-refractivity contribution < 1.29 is 14.6 Å². The number of morpholine rings is 1. The molecule has 0 saturated carbocycles. The number of aromatic hydroxyl groups is 1. The van der Waals surface area contributed by atoms with E-state index in [0.29, 0.717) is 26.1 Å². The first-order chi connectivity index (χ1) is 9.06. The molecule has 1 saturated heterocycles. The number of ether oxygens (including phenoxy) is 1. The Morgan fingerprint density at radius 3 is 2.84 bits per heavy atom. The van der Waals surface area contributed by atoms with Gasteiger partial charge in [0.05, 0.1) is 18.8 Å². The van der Waals surface area contributed by atoms with Crippen LogP contribution < -0.4 is 5.73 Å². The number of carbonyl (C=O) groups is 1. The number of phenolic OH excluding ortho intramolecular Hbond substituents is 1. The lowest BCUT2D eigenvalue weighted by atomic mass is 10.0. The monoisotopic (exact) mass is 264 g/mol. The van der Waals surface area contributed by atoms with Crippen LogP contribution in [-0.4, -0.2) is 47.8 Å². The van der Waals surface area contributed by atoms with E-state index in [2.05, 4.69) is 0 Å². The lowest BCUT2D eigenvalue weighted by Gasteiger charge is -2.32. The Morgan fingerprint density at radius 1 is 1.53 bits per heavy atom. The Kier molecular flexibility index (Phi) is 4.39. The van der Waals surface area contributed by atoms with E-state index in [1.54, 1.807) is 29.2 Å². The van der Waals surface area contributed by atoms with Crippen LogP contribution in [0.25, 0.3) is 0 Å². The van der Waals surface area contributed by atoms with Crippen LogP contribution in [0.2, 0.25) is 0 Å². The second-order valence-electron chi connectivity index (χ2n) is 4.94. The fourth-order valence-corrected chi connectivity index (χ4v) is 2.23. The molecule has 19 heavy (non-hydrogen) atoms. The minimum atomic E-state index is -0.546. The smallest absolute Gasteiger partial charge is 0.239 e. The molecule has 0 spiro atoms. The maximum Gasteiger partial charge on any atom is 0.239 e. The van der Waals surface area contributed by atoms with Crippen LogP contribution in [0.15, 0.2) is 24.3 Å². The van der Waals surface area contributed by atoms with Gasteiger partial charge in [-0.05, 0) is 31.0 Å². The number of phenols is 1. The van der Waals surface area contributed by atoms with Crippen molar-refractivity contribution in [3.8, 4) is 5.75 Å². The second-order valence-corrected chi connectivity index (χ2v) is 4.94. The Bertz CT molecular complexity index is 433. The van der Waals surface area contributed by atoms with Gasteiger partial charge in [0, 0.05) is 13.1 Å². The van der Waals surface area contributed by atoms with Gasteiger partial charge in [-0.15, -0.1) is 0 Å². The highest BCUT2D eigenvalue weighted by molar-refractivity contribution is 5.82. The van der Waals surface area contributed by atoms with E-state index in [1.165, 1.54) is 0 Å². The average molecular weight is 264 g/mol. The first kappa shape index (κ1) is 13.8. The van der Waals surface area contributed by atoms with Gasteiger partial charge in [-0.1, -0.05) is 12.1 Å². The number of nitrogens with zero attached hydrogens (tertiary/aromatic N) is 1. The van der Waals surface area contributed by atoms with Crippen molar-refractivity contribution in [2.45, 2.75) is 25.5 Å². The number of nitrogens with two attached hydrogens (primary N) is 1. The number of carbonyl (C=O) groups excluding carboxylic acids is 1. The Labute approximate surface area is 113 Å². The van der Waals surface area contributed by atoms with Crippen LogP contribution in [0.1, 0.15) is 12.5 Å². The zero-order chi connectivity index (χ0) is 13.8. The van der Waals surface area contributed by atoms with Crippen LogP contribution in [0, 0.1) is 0 Å². The highest BCUT2D eigenvalue weighted by Crippen LogP contribution is 2.12. The van der Waals surface area contributed by atoms with Gasteiger partial charge in [0.2, 0.25) is 5.91 Å². The molecule has 1 amide bonds. The molecule has 0 aliphatic carbocycles. The largest absolute Gasteiger partial charge is 0.508 e. The van der Waals surface area contributed by atoms with Gasteiger partial charge < -0.3 is 20.5 Å². The summed E-state index contributed by atoms with van der Waals surface area (Å²) in [5.41, 5.74) is 6.91. The van der Waals surface area contributed by atoms with E-state index in [9.17, 15) is 9.90 Å². The minimum Gasteiger partial charge on any atom is -0.508 e. The third-order valence-electron chi connectivity index (χ3n) is 3.26. The topological polar surface area (TPSA) is 75.8 Å². The van der Waals surface area contributed by atoms with Gasteiger partial charge in [-0.2, -0.15) is 0 Å². The summed E-state index contributed by atoms with van der Waals surface area (Å²) in [5.74, 6) is 0.175. The summed E-state index contributed by atoms with van der Waals surface area (Å²) in [6.45, 7) is 3.72. The first-order valence-corrected chi connectivity index (χ1v) is 6.50. The molecule has 2 atom stereocenters. The van der Waals surface area contributed by atoms with Gasteiger partial charge in [0.15, 0.2) is 0 Å². The molecule has 5 nitrogen and oxygen atoms in total. The summed E-state index contributed by atoms with van der Waals surface area (Å²) < 4.78 is 5.41. The van der Waals surface area contributed by atoms with Crippen molar-refractivity contribution in [3.63, 3.8) is 0 Å². The summed E-state index contributed by atoms with van der Waals surface area (Å²) in [6.07, 6.45) is 0.545. The molecule has 1 unspecified atom stereocenters. The van der Waals surface area contributed by atoms with Gasteiger partial charge in [-0.25, -0.2) is 0 Å². The van der Waals surface area contributed by atoms with Gasteiger partial charge in [0.1, 0.15) is 5.75 Å². The quantitative estimate of drug-likeness (QED) is 0.834. The van der Waals surface area contributed by atoms with Gasteiger partial charge >= 0.3 is 0 Å². The molecule has 0 aromatic heterocycles. The van der Waals surface area contributed by atoms with E-state index < -0.39 is 6.04 Å². The van der Waals surface area contributed by atoms with Crippen molar-refractivity contribution in [1.29, 1.82) is 0 Å². The van der Waals surface area contributed by atoms with Crippen molar-refractivity contribution in [3.05, 3.63) is 29.8 Å². The van der Waals surface area contributed by atoms with E-state index in [4.69, 9.17) is 10.5 Å². The summed E-state index contributed by atoms with van der Waals surface area (Å²) in [5, 5.41) is 9.21. The number of hydrogen-bond donors (Lipinski definition) is 2. The zero-order valence-corrected chi connectivity index (χ0v) is 11.1. The van der Waals surface area contributed by atoms with E-state index in [0.717, 1.165) is 5.56 Å². The minimum absolute atomic E-state index is 0.0387. The summed E-state index contributed by atoms with van der Waals surface area (Å²) in [6, 6.07) is 6.22. The number of rotatable bonds is 3. The third-order valence-corrected chi connectivity index (χ3v) is 3.26. The maximum atomic E-state index is 12.2. The lowest BCUT2D eigenvalue weighted by molar-refractivity contribution is -0.139. The zero-order valence-electron chi connectivity index (χ0n) is 11.1. The SMILES string of the molecule is CC1CN(C(=O)[C@@H](N)Cc2ccc(O)cc2)CCO1. The van der Waals surface area contributed by atoms with Crippen LogP contribution in [-0.2, 0) is 16.0 Å². The Hall–Kier alpha value is -1.59. The van der Waals surface area contributed by atoms with Gasteiger partial charge in [-0.3, -0.25) is 4.79 Å². The van der Waals surface area contributed by atoms with E-state index >= 15 is 0 Å². The highest BCUT2D eigenvalue weighted by Gasteiger charge is 2.25. The maximum absolute atomic E-state index is 12.2. The highest BCUT2D eigenvalue weighted by atomic mass is 16.5. The molecular formula is C14H20N2O3. The normalized spacial score (nSPS) is 21.2. The third kappa shape index (κ3) is 3.68. The predicted molar refractivity (Wildman–Crippen MR) is 71.8 cm³/mol. The molecular weight excluding hydrogens is 244 g/mol. The van der Waals surface area contributed by atoms with Crippen molar-refractivity contribution >= 4 is 5.91 Å². The predicted octanol–water partition coefficient (Wildman–Crippen LogP) is 0.509. The second kappa shape index (κ2) is 6.04. The molecule has 1 aliphatic rings. The first-order valence-electron chi connectivity index (χ1n) is 6.50. The summed E-state index contributed by atoms with van der Waals surface area (Å²) in [4.78, 5) is 14.0. The average Bonchev–Trinajstić information content (AvgIpc) is 2.40. The molecule has 1 fully saturated rings. The summed E-state index contributed by atoms with van der Waals surface area (Å²) in [7, 11) is 0. The molecule has 1 aliphatic heterocycles. The van der Waals surface area contributed by atoms with Crippen LogP contribution >= 0.6 is 0 Å². The lowest BCUT2D eigenvalue weighted by Crippen LogP contribution is -2.51. The molecule has 5 heteroatoms. The van der Waals surface area contributed by atoms with E-state index in [-0.39, 0.29) is 17.8 Å². The molecule has 2 rings (SSSR count). The number of benzene rings is 1. The van der Waals surface area contributed by atoms with Gasteiger partial charge in [0.25, 0.3) is 0 Å². The molecule has 0 radical (unpaired) electrons. The van der Waals surface area contributed by atoms with Crippen LogP contribution in [0.3, 0.4) is 0 Å². The van der Waals surface area contributed by atoms with E-state index in [1.807, 2.05) is 6.92 Å². The summed E-state index contributed by atoms with van der Waals surface area (Å²) >= 11 is 0. The number of hydrogen-bond acceptors (Lipinski definition) is 4. The molecule has 104 valence electrons. The molecule has 1 heterocycles.